The Morgan fingerprint density at radius 3 is 2.29 bits per heavy atom. The fourth-order valence-electron chi connectivity index (χ4n) is 4.02. The first-order chi connectivity index (χ1) is 14.6. The van der Waals surface area contributed by atoms with Crippen molar-refractivity contribution < 1.29 is 34.2 Å². The van der Waals surface area contributed by atoms with Crippen molar-refractivity contribution in [3.8, 4) is 0 Å². The van der Waals surface area contributed by atoms with Crippen molar-refractivity contribution in [3.05, 3.63) is 0 Å². The highest BCUT2D eigenvalue weighted by Gasteiger charge is 2.39. The lowest BCUT2D eigenvalue weighted by Gasteiger charge is -2.29. The van der Waals surface area contributed by atoms with Crippen LogP contribution in [0.4, 0.5) is 0 Å². The summed E-state index contributed by atoms with van der Waals surface area (Å²) in [5, 5.41) is 26.0. The third kappa shape index (κ3) is 6.91. The molecule has 11 heteroatoms. The van der Waals surface area contributed by atoms with E-state index in [-0.39, 0.29) is 24.3 Å². The first kappa shape index (κ1) is 24.6. The Kier molecular flexibility index (Phi) is 8.78. The van der Waals surface area contributed by atoms with Gasteiger partial charge < -0.3 is 31.1 Å². The minimum Gasteiger partial charge on any atom is -0.481 e. The maximum Gasteiger partial charge on any atom is 0.326 e. The molecule has 4 unspecified atom stereocenters. The van der Waals surface area contributed by atoms with Gasteiger partial charge in [0.2, 0.25) is 17.7 Å². The van der Waals surface area contributed by atoms with Gasteiger partial charge in [-0.05, 0) is 44.6 Å². The molecule has 0 spiro atoms. The van der Waals surface area contributed by atoms with E-state index < -0.39 is 48.3 Å². The predicted molar refractivity (Wildman–Crippen MR) is 109 cm³/mol. The minimum absolute atomic E-state index is 0.00260. The number of nitrogens with one attached hydrogen (secondary N) is 3. The van der Waals surface area contributed by atoms with Gasteiger partial charge in [-0.15, -0.1) is 0 Å². The van der Waals surface area contributed by atoms with Crippen LogP contribution in [0.2, 0.25) is 0 Å². The van der Waals surface area contributed by atoms with Crippen LogP contribution in [0.25, 0.3) is 0 Å². The summed E-state index contributed by atoms with van der Waals surface area (Å²) in [5.74, 6) is -4.17. The molecule has 31 heavy (non-hydrogen) atoms. The summed E-state index contributed by atoms with van der Waals surface area (Å²) in [4.78, 5) is 62.1. The highest BCUT2D eigenvalue weighted by molar-refractivity contribution is 5.95. The van der Waals surface area contributed by atoms with E-state index in [4.69, 9.17) is 5.11 Å². The summed E-state index contributed by atoms with van der Waals surface area (Å²) < 4.78 is 0. The highest BCUT2D eigenvalue weighted by Crippen LogP contribution is 2.21. The van der Waals surface area contributed by atoms with Crippen molar-refractivity contribution in [2.75, 3.05) is 13.1 Å². The molecule has 2 heterocycles. The molecule has 11 nitrogen and oxygen atoms in total. The molecule has 2 rings (SSSR count). The molecule has 5 N–H and O–H groups in total. The maximum atomic E-state index is 13.0. The maximum absolute atomic E-state index is 13.0. The number of hydrogen-bond acceptors (Lipinski definition) is 6. The molecule has 0 bridgehead atoms. The number of carboxylic acids is 2. The van der Waals surface area contributed by atoms with E-state index in [0.29, 0.717) is 19.4 Å². The Bertz CT molecular complexity index is 706. The molecule has 0 aromatic heterocycles. The number of carboxylic acid groups (broad SMARTS) is 2. The normalized spacial score (nSPS) is 22.7. The molecule has 4 atom stereocenters. The third-order valence-electron chi connectivity index (χ3n) is 5.53. The fourth-order valence-corrected chi connectivity index (χ4v) is 4.02. The molecule has 0 aromatic carbocycles. The zero-order chi connectivity index (χ0) is 23.1. The van der Waals surface area contributed by atoms with E-state index in [1.165, 1.54) is 0 Å². The molecule has 0 aliphatic carbocycles. The van der Waals surface area contributed by atoms with Gasteiger partial charge in [-0.3, -0.25) is 19.2 Å². The Morgan fingerprint density at radius 1 is 1.03 bits per heavy atom. The van der Waals surface area contributed by atoms with Crippen LogP contribution in [0.5, 0.6) is 0 Å². The standard InChI is InChI=1S/C20H32N4O7/c1-11(2)9-13(17(27)23-14(20(30)31)10-16(25)26)22-18(28)15-6-4-8-24(15)19(29)12-5-3-7-21-12/h11-15,21H,3-10H2,1-2H3,(H,22,28)(H,23,27)(H,25,26)(H,30,31). The first-order valence-electron chi connectivity index (χ1n) is 10.7. The lowest BCUT2D eigenvalue weighted by molar-refractivity contribution is -0.147. The number of amides is 3. The van der Waals surface area contributed by atoms with Crippen LogP contribution >= 0.6 is 0 Å². The molecule has 2 aliphatic heterocycles. The van der Waals surface area contributed by atoms with Crippen molar-refractivity contribution >= 4 is 29.7 Å². The number of likely N-dealkylation sites (tertiary alicyclic amines) is 1. The zero-order valence-corrected chi connectivity index (χ0v) is 17.9. The van der Waals surface area contributed by atoms with Crippen LogP contribution in [0.1, 0.15) is 52.4 Å². The quantitative estimate of drug-likeness (QED) is 0.298. The number of carbonyl (C=O) groups excluding carboxylic acids is 3. The Hall–Kier alpha value is -2.69. The van der Waals surface area contributed by atoms with Crippen LogP contribution in [0, 0.1) is 5.92 Å². The van der Waals surface area contributed by atoms with Crippen molar-refractivity contribution in [1.29, 1.82) is 0 Å². The Labute approximate surface area is 180 Å². The summed E-state index contributed by atoms with van der Waals surface area (Å²) in [6, 6.07) is -3.62. The van der Waals surface area contributed by atoms with Gasteiger partial charge in [0, 0.05) is 6.54 Å². The monoisotopic (exact) mass is 440 g/mol. The molecule has 0 aromatic rings. The molecule has 2 fully saturated rings. The third-order valence-corrected chi connectivity index (χ3v) is 5.53. The molecule has 174 valence electrons. The van der Waals surface area contributed by atoms with Gasteiger partial charge in [0.05, 0.1) is 12.5 Å². The fraction of sp³-hybridized carbons (Fsp3) is 0.750. The summed E-state index contributed by atoms with van der Waals surface area (Å²) >= 11 is 0. The average molecular weight is 440 g/mol. The number of nitrogens with zero attached hydrogens (tertiary/aromatic N) is 1. The van der Waals surface area contributed by atoms with Crippen LogP contribution in [-0.2, 0) is 24.0 Å². The van der Waals surface area contributed by atoms with Crippen molar-refractivity contribution in [1.82, 2.24) is 20.9 Å². The molecule has 2 saturated heterocycles. The minimum atomic E-state index is -1.60. The van der Waals surface area contributed by atoms with E-state index in [1.807, 2.05) is 13.8 Å². The highest BCUT2D eigenvalue weighted by atomic mass is 16.4. The number of rotatable bonds is 10. The van der Waals surface area contributed by atoms with E-state index in [2.05, 4.69) is 16.0 Å². The molecule has 0 saturated carbocycles. The van der Waals surface area contributed by atoms with E-state index in [1.54, 1.807) is 4.90 Å². The van der Waals surface area contributed by atoms with Crippen molar-refractivity contribution in [3.63, 3.8) is 0 Å². The van der Waals surface area contributed by atoms with Gasteiger partial charge in [0.1, 0.15) is 18.1 Å². The molecule has 0 radical (unpaired) electrons. The van der Waals surface area contributed by atoms with Gasteiger partial charge in [-0.2, -0.15) is 0 Å². The van der Waals surface area contributed by atoms with Crippen molar-refractivity contribution in [2.45, 2.75) is 76.5 Å². The Balaban J connectivity index is 2.07. The van der Waals surface area contributed by atoms with Crippen molar-refractivity contribution in [2.24, 2.45) is 5.92 Å². The first-order valence-corrected chi connectivity index (χ1v) is 10.7. The van der Waals surface area contributed by atoms with Crippen LogP contribution in [0.3, 0.4) is 0 Å². The molecule has 2 aliphatic rings. The molecular weight excluding hydrogens is 408 g/mol. The largest absolute Gasteiger partial charge is 0.481 e. The summed E-state index contributed by atoms with van der Waals surface area (Å²) in [7, 11) is 0. The van der Waals surface area contributed by atoms with Gasteiger partial charge in [-0.1, -0.05) is 13.8 Å². The summed E-state index contributed by atoms with van der Waals surface area (Å²) in [6.45, 7) is 4.92. The second kappa shape index (κ2) is 11.1. The van der Waals surface area contributed by atoms with Crippen LogP contribution in [0.15, 0.2) is 0 Å². The summed E-state index contributed by atoms with van der Waals surface area (Å²) in [6.07, 6.45) is 2.25. The van der Waals surface area contributed by atoms with Crippen LogP contribution in [-0.4, -0.2) is 82.0 Å². The Morgan fingerprint density at radius 2 is 1.74 bits per heavy atom. The number of carbonyl (C=O) groups is 5. The molecular formula is C20H32N4O7. The lowest BCUT2D eigenvalue weighted by Crippen LogP contribution is -2.57. The smallest absolute Gasteiger partial charge is 0.326 e. The van der Waals surface area contributed by atoms with Crippen LogP contribution < -0.4 is 16.0 Å². The topological polar surface area (TPSA) is 165 Å². The average Bonchev–Trinajstić information content (AvgIpc) is 3.37. The lowest BCUT2D eigenvalue weighted by atomic mass is 10.0. The second-order valence-electron chi connectivity index (χ2n) is 8.53. The molecule has 3 amide bonds. The van der Waals surface area contributed by atoms with E-state index >= 15 is 0 Å². The van der Waals surface area contributed by atoms with Gasteiger partial charge in [-0.25, -0.2) is 4.79 Å². The number of aliphatic carboxylic acids is 2. The van der Waals surface area contributed by atoms with Gasteiger partial charge >= 0.3 is 11.9 Å². The van der Waals surface area contributed by atoms with E-state index in [0.717, 1.165) is 19.4 Å². The van der Waals surface area contributed by atoms with Gasteiger partial charge in [0.15, 0.2) is 0 Å². The zero-order valence-electron chi connectivity index (χ0n) is 17.9. The SMILES string of the molecule is CC(C)CC(NC(=O)C1CCCN1C(=O)C1CCCN1)C(=O)NC(CC(=O)O)C(=O)O. The predicted octanol–water partition coefficient (Wildman–Crippen LogP) is -0.696. The van der Waals surface area contributed by atoms with E-state index in [9.17, 15) is 29.1 Å². The second-order valence-corrected chi connectivity index (χ2v) is 8.53. The summed E-state index contributed by atoms with van der Waals surface area (Å²) in [5.41, 5.74) is 0. The van der Waals surface area contributed by atoms with Gasteiger partial charge in [0.25, 0.3) is 0 Å². The number of hydrogen-bond donors (Lipinski definition) is 5.